The van der Waals surface area contributed by atoms with Crippen LogP contribution >= 0.6 is 11.8 Å². The van der Waals surface area contributed by atoms with Gasteiger partial charge < -0.3 is 24.7 Å². The van der Waals surface area contributed by atoms with Gasteiger partial charge in [-0.15, -0.1) is 24.9 Å². The van der Waals surface area contributed by atoms with Crippen molar-refractivity contribution in [3.63, 3.8) is 0 Å². The van der Waals surface area contributed by atoms with Crippen molar-refractivity contribution in [3.05, 3.63) is 79.9 Å². The number of carbonyl (C=O) groups excluding carboxylic acids is 3. The summed E-state index contributed by atoms with van der Waals surface area (Å²) >= 11 is 1.69. The number of para-hydroxylation sites is 1. The van der Waals surface area contributed by atoms with Gasteiger partial charge in [-0.1, -0.05) is 30.4 Å². The highest BCUT2D eigenvalue weighted by atomic mass is 32.2. The number of hydrogen-bond acceptors (Lipinski definition) is 6. The first-order chi connectivity index (χ1) is 22.7. The average molecular weight is 659 g/mol. The molecule has 2 unspecified atom stereocenters. The number of rotatable bonds is 16. The van der Waals surface area contributed by atoms with Gasteiger partial charge in [0.2, 0.25) is 11.8 Å². The summed E-state index contributed by atoms with van der Waals surface area (Å²) < 4.78 is -1.21. The summed E-state index contributed by atoms with van der Waals surface area (Å²) in [7, 11) is 0. The van der Waals surface area contributed by atoms with Crippen molar-refractivity contribution in [2.45, 2.75) is 68.4 Å². The zero-order valence-corrected chi connectivity index (χ0v) is 29.0. The highest BCUT2D eigenvalue weighted by Crippen LogP contribution is 2.71. The van der Waals surface area contributed by atoms with E-state index in [0.717, 1.165) is 43.0 Å². The van der Waals surface area contributed by atoms with E-state index in [1.54, 1.807) is 38.6 Å². The van der Waals surface area contributed by atoms with E-state index in [1.807, 2.05) is 54.6 Å². The molecular formula is C38H50N4O4S. The van der Waals surface area contributed by atoms with E-state index in [0.29, 0.717) is 38.9 Å². The number of likely N-dealkylation sites (tertiary alicyclic amines) is 1. The molecule has 2 bridgehead atoms. The van der Waals surface area contributed by atoms with E-state index in [2.05, 4.69) is 38.8 Å². The molecule has 3 saturated heterocycles. The van der Waals surface area contributed by atoms with E-state index >= 15 is 0 Å². The minimum Gasteiger partial charge on any atom is -0.396 e. The number of nitrogens with zero attached hydrogens (tertiary/aromatic N) is 4. The molecule has 3 heterocycles. The van der Waals surface area contributed by atoms with Crippen LogP contribution in [0.15, 0.2) is 79.9 Å². The lowest BCUT2D eigenvalue weighted by molar-refractivity contribution is -0.139. The van der Waals surface area contributed by atoms with Crippen LogP contribution in [0.4, 0.5) is 17.1 Å². The Morgan fingerprint density at radius 3 is 2.09 bits per heavy atom. The number of hydrogen-bond donors (Lipinski definition) is 1. The molecule has 3 fully saturated rings. The van der Waals surface area contributed by atoms with Crippen molar-refractivity contribution in [1.29, 1.82) is 0 Å². The Bertz CT molecular complexity index is 1450. The lowest BCUT2D eigenvalue weighted by Gasteiger charge is -2.38. The number of benzene rings is 2. The molecule has 8 nitrogen and oxygen atoms in total. The smallest absolute Gasteiger partial charge is 0.251 e. The summed E-state index contributed by atoms with van der Waals surface area (Å²) in [6.45, 7) is 17.1. The molecule has 5 atom stereocenters. The van der Waals surface area contributed by atoms with Crippen LogP contribution in [-0.4, -0.2) is 82.6 Å². The number of fused-ring (bicyclic) bond motifs is 1. The van der Waals surface area contributed by atoms with Crippen molar-refractivity contribution in [3.8, 4) is 0 Å². The van der Waals surface area contributed by atoms with Gasteiger partial charge in [0.15, 0.2) is 0 Å². The van der Waals surface area contributed by atoms with Crippen LogP contribution in [0.2, 0.25) is 0 Å². The van der Waals surface area contributed by atoms with Crippen molar-refractivity contribution in [2.24, 2.45) is 11.8 Å². The zero-order valence-electron chi connectivity index (χ0n) is 28.1. The second kappa shape index (κ2) is 14.7. The second-order valence-electron chi connectivity index (χ2n) is 13.0. The van der Waals surface area contributed by atoms with Gasteiger partial charge in [0.05, 0.1) is 16.6 Å². The lowest BCUT2D eigenvalue weighted by Crippen LogP contribution is -2.55. The first kappa shape index (κ1) is 34.8. The first-order valence-electron chi connectivity index (χ1n) is 17.1. The van der Waals surface area contributed by atoms with Crippen LogP contribution < -0.4 is 14.7 Å². The van der Waals surface area contributed by atoms with Crippen LogP contribution in [0.3, 0.4) is 0 Å². The third kappa shape index (κ3) is 6.24. The average Bonchev–Trinajstić information content (AvgIpc) is 3.65. The van der Waals surface area contributed by atoms with Gasteiger partial charge in [-0.25, -0.2) is 0 Å². The number of thioether (sulfide) groups is 1. The molecule has 1 N–H and O–H groups in total. The van der Waals surface area contributed by atoms with Crippen molar-refractivity contribution >= 4 is 46.5 Å². The van der Waals surface area contributed by atoms with Gasteiger partial charge in [-0.3, -0.25) is 14.4 Å². The van der Waals surface area contributed by atoms with Gasteiger partial charge in [-0.2, -0.15) is 0 Å². The van der Waals surface area contributed by atoms with Gasteiger partial charge in [-0.05, 0) is 89.3 Å². The molecule has 0 radical (unpaired) electrons. The Morgan fingerprint density at radius 1 is 0.894 bits per heavy atom. The Morgan fingerprint density at radius 2 is 1.49 bits per heavy atom. The molecule has 0 saturated carbocycles. The van der Waals surface area contributed by atoms with Gasteiger partial charge in [0, 0.05) is 61.1 Å². The number of aliphatic hydroxyl groups excluding tert-OH is 1. The van der Waals surface area contributed by atoms with Gasteiger partial charge >= 0.3 is 0 Å². The van der Waals surface area contributed by atoms with Crippen LogP contribution in [0.25, 0.3) is 0 Å². The Hall–Kier alpha value is -3.56. The standard InChI is InChI=1S/C38H50N4O4S/c1-6-24-40(29-16-12-10-13-17-29)34(44)31-32-35(45)42(26-14-11-15-27-43)33(38(32)23-22-37(31,5)47-38)36(46)41(25-7-2)30-20-18-28(19-21-30)39(8-3)9-4/h6-7,10,12-13,16-21,31-33,43H,1-2,8-9,11,14-15,22-27H2,3-5H3/t31-,32+,33?,37+,38?/m1/s1. The van der Waals surface area contributed by atoms with Crippen molar-refractivity contribution < 1.29 is 19.5 Å². The molecular weight excluding hydrogens is 609 g/mol. The molecule has 3 aliphatic rings. The normalized spacial score (nSPS) is 25.8. The largest absolute Gasteiger partial charge is 0.396 e. The lowest BCUT2D eigenvalue weighted by atomic mass is 9.66. The van der Waals surface area contributed by atoms with Crippen LogP contribution in [0.1, 0.15) is 52.9 Å². The Balaban J connectivity index is 1.55. The maximum Gasteiger partial charge on any atom is 0.251 e. The molecule has 2 aromatic rings. The zero-order chi connectivity index (χ0) is 33.8. The third-order valence-electron chi connectivity index (χ3n) is 10.3. The molecule has 1 spiro atoms. The molecule has 252 valence electrons. The van der Waals surface area contributed by atoms with Gasteiger partial charge in [0.1, 0.15) is 6.04 Å². The van der Waals surface area contributed by atoms with E-state index in [1.165, 1.54) is 0 Å². The number of aliphatic hydroxyl groups is 1. The van der Waals surface area contributed by atoms with E-state index < -0.39 is 27.4 Å². The molecule has 2 aromatic carbocycles. The van der Waals surface area contributed by atoms with Crippen molar-refractivity contribution in [2.75, 3.05) is 54.0 Å². The minimum atomic E-state index is -0.725. The molecule has 0 aliphatic carbocycles. The van der Waals surface area contributed by atoms with Crippen LogP contribution in [-0.2, 0) is 14.4 Å². The van der Waals surface area contributed by atoms with Crippen molar-refractivity contribution in [1.82, 2.24) is 4.90 Å². The number of carbonyl (C=O) groups is 3. The molecule has 5 rings (SSSR count). The fourth-order valence-electron chi connectivity index (χ4n) is 8.15. The van der Waals surface area contributed by atoms with E-state index in [-0.39, 0.29) is 24.3 Å². The summed E-state index contributed by atoms with van der Waals surface area (Å²) in [5.74, 6) is -1.52. The molecule has 3 amide bonds. The highest BCUT2D eigenvalue weighted by Gasteiger charge is 2.77. The number of anilines is 3. The highest BCUT2D eigenvalue weighted by molar-refractivity contribution is 8.02. The molecule has 9 heteroatoms. The summed E-state index contributed by atoms with van der Waals surface area (Å²) in [6, 6.07) is 16.9. The monoisotopic (exact) mass is 658 g/mol. The first-order valence-corrected chi connectivity index (χ1v) is 17.9. The summed E-state index contributed by atoms with van der Waals surface area (Å²) in [5, 5.41) is 9.42. The fraction of sp³-hybridized carbons (Fsp3) is 0.500. The van der Waals surface area contributed by atoms with Crippen LogP contribution in [0.5, 0.6) is 0 Å². The minimum absolute atomic E-state index is 0.0862. The number of unbranched alkanes of at least 4 members (excludes halogenated alkanes) is 2. The number of amides is 3. The van der Waals surface area contributed by atoms with E-state index in [4.69, 9.17) is 0 Å². The quantitative estimate of drug-likeness (QED) is 0.178. The summed E-state index contributed by atoms with van der Waals surface area (Å²) in [6.07, 6.45) is 6.94. The molecule has 47 heavy (non-hydrogen) atoms. The van der Waals surface area contributed by atoms with Crippen LogP contribution in [0, 0.1) is 11.8 Å². The second-order valence-corrected chi connectivity index (χ2v) is 14.9. The van der Waals surface area contributed by atoms with Gasteiger partial charge in [0.25, 0.3) is 5.91 Å². The van der Waals surface area contributed by atoms with E-state index in [9.17, 15) is 19.5 Å². The maximum atomic E-state index is 15.0. The Kier molecular flexibility index (Phi) is 10.9. The summed E-state index contributed by atoms with van der Waals surface area (Å²) in [4.78, 5) is 51.9. The molecule has 3 aliphatic heterocycles. The fourth-order valence-corrected chi connectivity index (χ4v) is 10.5. The SMILES string of the molecule is C=CCN(C(=O)C1N(CCCCCO)C(=O)[C@@H]2[C@H](C(=O)N(CC=C)c3ccccc3)[C@]3(C)CCC12S3)c1ccc(N(CC)CC)cc1. The maximum absolute atomic E-state index is 15.0. The predicted molar refractivity (Wildman–Crippen MR) is 193 cm³/mol. The topological polar surface area (TPSA) is 84.4 Å². The molecule has 0 aromatic heterocycles. The predicted octanol–water partition coefficient (Wildman–Crippen LogP) is 5.91. The summed E-state index contributed by atoms with van der Waals surface area (Å²) in [5.41, 5.74) is 2.62. The Labute approximate surface area is 284 Å². The third-order valence-corrected chi connectivity index (χ3v) is 12.3.